The molecule has 0 aliphatic carbocycles. The Balaban J connectivity index is 1.51. The number of hydrogen-bond acceptors (Lipinski definition) is 6. The van der Waals surface area contributed by atoms with Crippen molar-refractivity contribution in [2.75, 3.05) is 31.1 Å². The maximum atomic E-state index is 13.0. The minimum absolute atomic E-state index is 0.0233. The summed E-state index contributed by atoms with van der Waals surface area (Å²) in [5, 5.41) is 3.90. The maximum Gasteiger partial charge on any atom is 0.243 e. The van der Waals surface area contributed by atoms with Gasteiger partial charge in [0.1, 0.15) is 12.4 Å². The van der Waals surface area contributed by atoms with Gasteiger partial charge in [0.2, 0.25) is 11.8 Å². The van der Waals surface area contributed by atoms with E-state index in [-0.39, 0.29) is 11.9 Å². The summed E-state index contributed by atoms with van der Waals surface area (Å²) in [6, 6.07) is 7.71. The Hall–Kier alpha value is -2.41. The Morgan fingerprint density at radius 2 is 2.16 bits per heavy atom. The van der Waals surface area contributed by atoms with Crippen molar-refractivity contribution >= 4 is 11.6 Å². The van der Waals surface area contributed by atoms with Crippen molar-refractivity contribution in [2.24, 2.45) is 0 Å². The average Bonchev–Trinajstić information content (AvgIpc) is 3.08. The zero-order chi connectivity index (χ0) is 17.2. The van der Waals surface area contributed by atoms with Crippen LogP contribution >= 0.6 is 0 Å². The summed E-state index contributed by atoms with van der Waals surface area (Å²) in [7, 11) is 0. The summed E-state index contributed by atoms with van der Waals surface area (Å²) >= 11 is 0. The Bertz CT molecular complexity index is 760. The number of carbonyl (C=O) groups excluding carboxylic acids is 1. The topological polar surface area (TPSA) is 71.7 Å². The standard InChI is InChI=1S/C18H22N4O3/c1-13-19-18(25-20-13)15-7-4-5-9-21(15)12-17(23)22-10-11-24-16-8-3-2-6-14(16)22/h2-3,6,8,15H,4-5,7,9-12H2,1H3. The minimum Gasteiger partial charge on any atom is -0.490 e. The van der Waals surface area contributed by atoms with Gasteiger partial charge in [-0.1, -0.05) is 23.7 Å². The Kier molecular flexibility index (Phi) is 4.40. The van der Waals surface area contributed by atoms with Crippen molar-refractivity contribution in [1.29, 1.82) is 0 Å². The molecule has 1 fully saturated rings. The molecular weight excluding hydrogens is 320 g/mol. The number of rotatable bonds is 3. The molecule has 0 saturated carbocycles. The number of aromatic nitrogens is 2. The lowest BCUT2D eigenvalue weighted by atomic mass is 10.0. The van der Waals surface area contributed by atoms with Gasteiger partial charge in [-0.2, -0.15) is 4.98 Å². The first-order valence-corrected chi connectivity index (χ1v) is 8.79. The fraction of sp³-hybridized carbons (Fsp3) is 0.500. The zero-order valence-electron chi connectivity index (χ0n) is 14.4. The third-order valence-corrected chi connectivity index (χ3v) is 4.81. The SMILES string of the molecule is Cc1noc(C2CCCCN2CC(=O)N2CCOc3ccccc32)n1. The van der Waals surface area contributed by atoms with Crippen LogP contribution in [0.4, 0.5) is 5.69 Å². The lowest BCUT2D eigenvalue weighted by Crippen LogP contribution is -2.46. The highest BCUT2D eigenvalue weighted by Gasteiger charge is 2.32. The second-order valence-corrected chi connectivity index (χ2v) is 6.52. The molecule has 2 aliphatic rings. The van der Waals surface area contributed by atoms with Gasteiger partial charge in [-0.25, -0.2) is 0 Å². The number of ether oxygens (including phenoxy) is 1. The van der Waals surface area contributed by atoms with Crippen molar-refractivity contribution in [3.63, 3.8) is 0 Å². The van der Waals surface area contributed by atoms with E-state index in [0.29, 0.717) is 31.4 Å². The van der Waals surface area contributed by atoms with E-state index in [1.165, 1.54) is 0 Å². The van der Waals surface area contributed by atoms with Crippen molar-refractivity contribution in [3.8, 4) is 5.75 Å². The van der Waals surface area contributed by atoms with E-state index < -0.39 is 0 Å². The number of benzene rings is 1. The predicted octanol–water partition coefficient (Wildman–Crippen LogP) is 2.33. The molecule has 0 N–H and O–H groups in total. The minimum atomic E-state index is 0.0233. The number of nitrogens with zero attached hydrogens (tertiary/aromatic N) is 4. The molecule has 132 valence electrons. The van der Waals surface area contributed by atoms with Crippen LogP contribution in [0, 0.1) is 6.92 Å². The van der Waals surface area contributed by atoms with Gasteiger partial charge in [0, 0.05) is 0 Å². The van der Waals surface area contributed by atoms with Crippen molar-refractivity contribution in [2.45, 2.75) is 32.2 Å². The number of anilines is 1. The van der Waals surface area contributed by atoms with Crippen LogP contribution in [-0.4, -0.2) is 47.2 Å². The molecule has 1 atom stereocenters. The lowest BCUT2D eigenvalue weighted by Gasteiger charge is -2.35. The van der Waals surface area contributed by atoms with Crippen LogP contribution in [0.1, 0.15) is 37.0 Å². The van der Waals surface area contributed by atoms with Crippen molar-refractivity contribution < 1.29 is 14.1 Å². The van der Waals surface area contributed by atoms with E-state index >= 15 is 0 Å². The van der Waals surface area contributed by atoms with E-state index in [2.05, 4.69) is 15.0 Å². The number of carbonyl (C=O) groups is 1. The fourth-order valence-electron chi connectivity index (χ4n) is 3.60. The second kappa shape index (κ2) is 6.84. The quantitative estimate of drug-likeness (QED) is 0.852. The Morgan fingerprint density at radius 3 is 3.00 bits per heavy atom. The number of para-hydroxylation sites is 2. The van der Waals surface area contributed by atoms with E-state index in [9.17, 15) is 4.79 Å². The highest BCUT2D eigenvalue weighted by Crippen LogP contribution is 2.33. The number of piperidine rings is 1. The molecule has 25 heavy (non-hydrogen) atoms. The molecule has 0 bridgehead atoms. The maximum absolute atomic E-state index is 13.0. The first kappa shape index (κ1) is 16.1. The predicted molar refractivity (Wildman–Crippen MR) is 91.5 cm³/mol. The van der Waals surface area contributed by atoms with E-state index in [1.807, 2.05) is 36.1 Å². The van der Waals surface area contributed by atoms with Crippen LogP contribution in [0.5, 0.6) is 5.75 Å². The van der Waals surface area contributed by atoms with Gasteiger partial charge in [-0.05, 0) is 38.4 Å². The number of amides is 1. The van der Waals surface area contributed by atoms with Gasteiger partial charge < -0.3 is 14.2 Å². The third-order valence-electron chi connectivity index (χ3n) is 4.81. The summed E-state index contributed by atoms with van der Waals surface area (Å²) in [6.45, 7) is 4.13. The fourth-order valence-corrected chi connectivity index (χ4v) is 3.60. The molecule has 7 nitrogen and oxygen atoms in total. The summed E-state index contributed by atoms with van der Waals surface area (Å²) in [6.07, 6.45) is 3.13. The van der Waals surface area contributed by atoms with Crippen LogP contribution in [0.2, 0.25) is 0 Å². The molecule has 3 heterocycles. The summed E-state index contributed by atoms with van der Waals surface area (Å²) in [5.74, 6) is 2.10. The van der Waals surface area contributed by atoms with Gasteiger partial charge in [-0.15, -0.1) is 0 Å². The number of hydrogen-bond donors (Lipinski definition) is 0. The average molecular weight is 342 g/mol. The molecule has 1 saturated heterocycles. The molecule has 1 aromatic heterocycles. The number of likely N-dealkylation sites (tertiary alicyclic amines) is 1. The van der Waals surface area contributed by atoms with Gasteiger partial charge in [-0.3, -0.25) is 9.69 Å². The zero-order valence-corrected chi connectivity index (χ0v) is 14.4. The van der Waals surface area contributed by atoms with Crippen LogP contribution in [0.15, 0.2) is 28.8 Å². The molecule has 2 aromatic rings. The molecule has 1 amide bonds. The van der Waals surface area contributed by atoms with Crippen LogP contribution in [0.25, 0.3) is 0 Å². The molecule has 2 aliphatic heterocycles. The Morgan fingerprint density at radius 1 is 1.28 bits per heavy atom. The van der Waals surface area contributed by atoms with Crippen LogP contribution < -0.4 is 9.64 Å². The second-order valence-electron chi connectivity index (χ2n) is 6.52. The molecule has 1 unspecified atom stereocenters. The third kappa shape index (κ3) is 3.24. The van der Waals surface area contributed by atoms with Crippen LogP contribution in [-0.2, 0) is 4.79 Å². The summed E-state index contributed by atoms with van der Waals surface area (Å²) in [5.41, 5.74) is 0.848. The van der Waals surface area contributed by atoms with Crippen LogP contribution in [0.3, 0.4) is 0 Å². The van der Waals surface area contributed by atoms with Crippen molar-refractivity contribution in [1.82, 2.24) is 15.0 Å². The monoisotopic (exact) mass is 342 g/mol. The number of aryl methyl sites for hydroxylation is 1. The number of fused-ring (bicyclic) bond motifs is 1. The smallest absolute Gasteiger partial charge is 0.243 e. The van der Waals surface area contributed by atoms with E-state index in [4.69, 9.17) is 9.26 Å². The Labute approximate surface area is 146 Å². The first-order chi connectivity index (χ1) is 12.2. The molecular formula is C18H22N4O3. The molecule has 0 radical (unpaired) electrons. The molecule has 4 rings (SSSR count). The summed E-state index contributed by atoms with van der Waals surface area (Å²) < 4.78 is 11.0. The summed E-state index contributed by atoms with van der Waals surface area (Å²) in [4.78, 5) is 21.3. The van der Waals surface area contributed by atoms with E-state index in [1.54, 1.807) is 0 Å². The molecule has 0 spiro atoms. The van der Waals surface area contributed by atoms with Crippen molar-refractivity contribution in [3.05, 3.63) is 36.0 Å². The highest BCUT2D eigenvalue weighted by atomic mass is 16.5. The normalized spacial score (nSPS) is 20.8. The van der Waals surface area contributed by atoms with Gasteiger partial charge in [0.05, 0.1) is 24.8 Å². The first-order valence-electron chi connectivity index (χ1n) is 8.79. The van der Waals surface area contributed by atoms with E-state index in [0.717, 1.165) is 37.2 Å². The molecule has 7 heteroatoms. The van der Waals surface area contributed by atoms with Gasteiger partial charge >= 0.3 is 0 Å². The lowest BCUT2D eigenvalue weighted by molar-refractivity contribution is -0.121. The van der Waals surface area contributed by atoms with Gasteiger partial charge in [0.25, 0.3) is 0 Å². The van der Waals surface area contributed by atoms with Gasteiger partial charge in [0.15, 0.2) is 5.82 Å². The highest BCUT2D eigenvalue weighted by molar-refractivity contribution is 5.96. The largest absolute Gasteiger partial charge is 0.490 e. The molecule has 1 aromatic carbocycles.